The highest BCUT2D eigenvalue weighted by Crippen LogP contribution is 2.09. The maximum Gasteiger partial charge on any atom is 0.250 e. The molecular weight excluding hydrogens is 188 g/mol. The van der Waals surface area contributed by atoms with Crippen LogP contribution in [0.2, 0.25) is 0 Å². The predicted octanol–water partition coefficient (Wildman–Crippen LogP) is 2.18. The zero-order valence-electron chi connectivity index (χ0n) is 9.79. The lowest BCUT2D eigenvalue weighted by Gasteiger charge is -2.12. The van der Waals surface area contributed by atoms with Gasteiger partial charge in [0.2, 0.25) is 0 Å². The number of rotatable bonds is 4. The molecule has 1 aromatic rings. The number of hydrogen-bond donors (Lipinski definition) is 1. The van der Waals surface area contributed by atoms with Crippen LogP contribution < -0.4 is 11.3 Å². The normalized spacial score (nSPS) is 10.9. The predicted molar refractivity (Wildman–Crippen MR) is 63.9 cm³/mol. The van der Waals surface area contributed by atoms with E-state index in [1.54, 1.807) is 10.6 Å². The lowest BCUT2D eigenvalue weighted by molar-refractivity contribution is 0.502. The van der Waals surface area contributed by atoms with Crippen LogP contribution in [0.15, 0.2) is 16.9 Å². The van der Waals surface area contributed by atoms with Crippen molar-refractivity contribution in [2.45, 2.75) is 40.2 Å². The molecule has 84 valence electrons. The second-order valence-corrected chi connectivity index (χ2v) is 4.40. The minimum Gasteiger partial charge on any atom is -0.397 e. The van der Waals surface area contributed by atoms with Crippen molar-refractivity contribution in [3.8, 4) is 0 Å². The molecule has 0 aliphatic carbocycles. The molecule has 0 unspecified atom stereocenters. The molecule has 0 radical (unpaired) electrons. The summed E-state index contributed by atoms with van der Waals surface area (Å²) in [5.74, 6) is 0.682. The summed E-state index contributed by atoms with van der Waals surface area (Å²) in [5.41, 5.74) is 7.38. The molecule has 1 rings (SSSR count). The third-order valence-corrected chi connectivity index (χ3v) is 2.66. The molecule has 0 saturated heterocycles. The zero-order chi connectivity index (χ0) is 11.4. The monoisotopic (exact) mass is 208 g/mol. The Bertz CT molecular complexity index is 380. The summed E-state index contributed by atoms with van der Waals surface area (Å²) in [5, 5.41) is 0. The average molecular weight is 208 g/mol. The molecule has 15 heavy (non-hydrogen) atoms. The van der Waals surface area contributed by atoms with Gasteiger partial charge in [0.25, 0.3) is 5.56 Å². The highest BCUT2D eigenvalue weighted by atomic mass is 16.1. The Morgan fingerprint density at radius 1 is 1.40 bits per heavy atom. The van der Waals surface area contributed by atoms with Crippen LogP contribution in [-0.4, -0.2) is 4.57 Å². The van der Waals surface area contributed by atoms with E-state index in [0.717, 1.165) is 25.1 Å². The van der Waals surface area contributed by atoms with Crippen molar-refractivity contribution in [1.29, 1.82) is 0 Å². The fourth-order valence-electron chi connectivity index (χ4n) is 1.63. The largest absolute Gasteiger partial charge is 0.397 e. The summed E-state index contributed by atoms with van der Waals surface area (Å²) in [6.45, 7) is 7.05. The minimum absolute atomic E-state index is 0.0467. The molecule has 2 N–H and O–H groups in total. The van der Waals surface area contributed by atoms with E-state index in [0.29, 0.717) is 11.6 Å². The topological polar surface area (TPSA) is 48.0 Å². The second kappa shape index (κ2) is 5.01. The van der Waals surface area contributed by atoms with Gasteiger partial charge in [-0.25, -0.2) is 0 Å². The molecule has 0 aliphatic rings. The van der Waals surface area contributed by atoms with Crippen LogP contribution in [0.1, 0.15) is 32.4 Å². The summed E-state index contributed by atoms with van der Waals surface area (Å²) in [6, 6.07) is 3.22. The minimum atomic E-state index is 0.0467. The van der Waals surface area contributed by atoms with Crippen LogP contribution in [0, 0.1) is 12.8 Å². The summed E-state index contributed by atoms with van der Waals surface area (Å²) >= 11 is 0. The smallest absolute Gasteiger partial charge is 0.250 e. The van der Waals surface area contributed by atoms with E-state index in [4.69, 9.17) is 5.73 Å². The molecule has 0 aromatic carbocycles. The van der Waals surface area contributed by atoms with Crippen LogP contribution in [0.4, 0.5) is 5.69 Å². The van der Waals surface area contributed by atoms with Gasteiger partial charge in [0.1, 0.15) is 0 Å². The van der Waals surface area contributed by atoms with Gasteiger partial charge < -0.3 is 10.3 Å². The van der Waals surface area contributed by atoms with Gasteiger partial charge in [0, 0.05) is 18.3 Å². The van der Waals surface area contributed by atoms with Gasteiger partial charge in [0.15, 0.2) is 0 Å². The van der Waals surface area contributed by atoms with E-state index < -0.39 is 0 Å². The molecule has 0 fully saturated rings. The molecule has 0 saturated carbocycles. The number of nitrogen functional groups attached to an aromatic ring is 1. The van der Waals surface area contributed by atoms with Crippen LogP contribution in [-0.2, 0) is 6.54 Å². The Hall–Kier alpha value is -1.25. The second-order valence-electron chi connectivity index (χ2n) is 4.40. The molecule has 1 heterocycles. The molecule has 0 spiro atoms. The Morgan fingerprint density at radius 3 is 2.67 bits per heavy atom. The van der Waals surface area contributed by atoms with Crippen LogP contribution in [0.5, 0.6) is 0 Å². The van der Waals surface area contributed by atoms with E-state index in [-0.39, 0.29) is 5.56 Å². The summed E-state index contributed by atoms with van der Waals surface area (Å²) < 4.78 is 1.76. The van der Waals surface area contributed by atoms with Crippen molar-refractivity contribution in [1.82, 2.24) is 4.57 Å². The van der Waals surface area contributed by atoms with Gasteiger partial charge in [-0.2, -0.15) is 0 Å². The van der Waals surface area contributed by atoms with Gasteiger partial charge in [-0.15, -0.1) is 0 Å². The van der Waals surface area contributed by atoms with Crippen molar-refractivity contribution in [2.24, 2.45) is 5.92 Å². The maximum absolute atomic E-state index is 11.6. The molecular formula is C12H20N2O. The first-order valence-corrected chi connectivity index (χ1v) is 5.48. The molecule has 0 aliphatic heterocycles. The fraction of sp³-hybridized carbons (Fsp3) is 0.583. The van der Waals surface area contributed by atoms with Crippen LogP contribution in [0.25, 0.3) is 0 Å². The van der Waals surface area contributed by atoms with Crippen LogP contribution >= 0.6 is 0 Å². The summed E-state index contributed by atoms with van der Waals surface area (Å²) in [6.07, 6.45) is 2.17. The number of nitrogens with two attached hydrogens (primary N) is 1. The first kappa shape index (κ1) is 11.8. The van der Waals surface area contributed by atoms with Crippen molar-refractivity contribution in [2.75, 3.05) is 5.73 Å². The number of anilines is 1. The fourth-order valence-corrected chi connectivity index (χ4v) is 1.63. The molecule has 0 amide bonds. The SMILES string of the molecule is Cc1c(N)ccc(=O)n1CCCC(C)C. The van der Waals surface area contributed by atoms with Gasteiger partial charge >= 0.3 is 0 Å². The van der Waals surface area contributed by atoms with Crippen molar-refractivity contribution < 1.29 is 0 Å². The van der Waals surface area contributed by atoms with Crippen molar-refractivity contribution >= 4 is 5.69 Å². The highest BCUT2D eigenvalue weighted by Gasteiger charge is 2.03. The molecule has 0 atom stereocenters. The number of nitrogens with zero attached hydrogens (tertiary/aromatic N) is 1. The van der Waals surface area contributed by atoms with E-state index in [1.807, 2.05) is 6.92 Å². The van der Waals surface area contributed by atoms with Gasteiger partial charge in [-0.1, -0.05) is 13.8 Å². The lowest BCUT2D eigenvalue weighted by Crippen LogP contribution is -2.22. The number of aromatic nitrogens is 1. The number of pyridine rings is 1. The number of hydrogen-bond acceptors (Lipinski definition) is 2. The lowest BCUT2D eigenvalue weighted by atomic mass is 10.1. The molecule has 1 aromatic heterocycles. The van der Waals surface area contributed by atoms with E-state index >= 15 is 0 Å². The summed E-state index contributed by atoms with van der Waals surface area (Å²) in [4.78, 5) is 11.6. The van der Waals surface area contributed by atoms with E-state index in [9.17, 15) is 4.79 Å². The van der Waals surface area contributed by atoms with Gasteiger partial charge in [-0.05, 0) is 31.7 Å². The standard InChI is InChI=1S/C12H20N2O/c1-9(2)5-4-8-14-10(3)11(13)6-7-12(14)15/h6-7,9H,4-5,8,13H2,1-3H3. The van der Waals surface area contributed by atoms with E-state index in [2.05, 4.69) is 13.8 Å². The van der Waals surface area contributed by atoms with E-state index in [1.165, 1.54) is 6.07 Å². The quantitative estimate of drug-likeness (QED) is 0.824. The van der Waals surface area contributed by atoms with Crippen LogP contribution in [0.3, 0.4) is 0 Å². The highest BCUT2D eigenvalue weighted by molar-refractivity contribution is 5.41. The maximum atomic E-state index is 11.6. The van der Waals surface area contributed by atoms with Crippen molar-refractivity contribution in [3.05, 3.63) is 28.2 Å². The Balaban J connectivity index is 2.76. The van der Waals surface area contributed by atoms with Gasteiger partial charge in [-0.3, -0.25) is 4.79 Å². The van der Waals surface area contributed by atoms with Crippen molar-refractivity contribution in [3.63, 3.8) is 0 Å². The third kappa shape index (κ3) is 3.11. The Labute approximate surface area is 90.9 Å². The first-order chi connectivity index (χ1) is 7.02. The summed E-state index contributed by atoms with van der Waals surface area (Å²) in [7, 11) is 0. The Kier molecular flexibility index (Phi) is 3.95. The van der Waals surface area contributed by atoms with Gasteiger partial charge in [0.05, 0.1) is 5.69 Å². The first-order valence-electron chi connectivity index (χ1n) is 5.48. The molecule has 3 heteroatoms. The molecule has 3 nitrogen and oxygen atoms in total. The Morgan fingerprint density at radius 2 is 2.07 bits per heavy atom. The molecule has 0 bridgehead atoms. The third-order valence-electron chi connectivity index (χ3n) is 2.66. The zero-order valence-corrected chi connectivity index (χ0v) is 9.79. The average Bonchev–Trinajstić information content (AvgIpc) is 2.17.